The Bertz CT molecular complexity index is 759. The monoisotopic (exact) mass is 287 g/mol. The fourth-order valence-electron chi connectivity index (χ4n) is 2.45. The van der Waals surface area contributed by atoms with Crippen molar-refractivity contribution < 1.29 is 4.79 Å². The summed E-state index contributed by atoms with van der Waals surface area (Å²) in [4.78, 5) is 12.1. The van der Waals surface area contributed by atoms with Crippen molar-refractivity contribution in [3.8, 4) is 0 Å². The standard InChI is InChI=1S/C15H14ClN3O/c1-8-12(9(2)19(3)18-8)7-13-11-5-4-10(16)6-14(11)17-15(13)20/h4-7H,1-3H3,(H,17,20)/b13-7-. The number of fused-ring (bicyclic) bond motifs is 1. The molecule has 5 heteroatoms. The molecule has 0 fully saturated rings. The number of halogens is 1. The second-order valence-electron chi connectivity index (χ2n) is 4.91. The average molecular weight is 288 g/mol. The number of nitrogens with zero attached hydrogens (tertiary/aromatic N) is 2. The molecule has 4 nitrogen and oxygen atoms in total. The molecule has 1 aromatic heterocycles. The maximum absolute atomic E-state index is 12.1. The van der Waals surface area contributed by atoms with Crippen LogP contribution in [0.3, 0.4) is 0 Å². The summed E-state index contributed by atoms with van der Waals surface area (Å²) in [6.45, 7) is 3.93. The maximum Gasteiger partial charge on any atom is 0.256 e. The minimum absolute atomic E-state index is 0.107. The molecule has 1 aliphatic rings. The third kappa shape index (κ3) is 1.93. The van der Waals surface area contributed by atoms with Crippen molar-refractivity contribution in [2.75, 3.05) is 5.32 Å². The molecule has 1 amide bonds. The lowest BCUT2D eigenvalue weighted by Crippen LogP contribution is -2.03. The zero-order chi connectivity index (χ0) is 14.4. The molecule has 0 saturated carbocycles. The van der Waals surface area contributed by atoms with E-state index in [1.807, 2.05) is 37.7 Å². The van der Waals surface area contributed by atoms with E-state index in [0.717, 1.165) is 28.2 Å². The molecular formula is C15H14ClN3O. The van der Waals surface area contributed by atoms with E-state index in [9.17, 15) is 4.79 Å². The smallest absolute Gasteiger partial charge is 0.256 e. The SMILES string of the molecule is Cc1nn(C)c(C)c1/C=C1\C(=O)Nc2cc(Cl)ccc21. The van der Waals surface area contributed by atoms with Crippen LogP contribution >= 0.6 is 11.6 Å². The number of carbonyl (C=O) groups is 1. The summed E-state index contributed by atoms with van der Waals surface area (Å²) in [5.41, 5.74) is 5.21. The van der Waals surface area contributed by atoms with Crippen LogP contribution in [0.25, 0.3) is 11.6 Å². The topological polar surface area (TPSA) is 46.9 Å². The largest absolute Gasteiger partial charge is 0.321 e. The van der Waals surface area contributed by atoms with Gasteiger partial charge >= 0.3 is 0 Å². The molecule has 2 aromatic rings. The minimum atomic E-state index is -0.107. The van der Waals surface area contributed by atoms with Gasteiger partial charge < -0.3 is 5.32 Å². The van der Waals surface area contributed by atoms with Gasteiger partial charge in [-0.25, -0.2) is 0 Å². The summed E-state index contributed by atoms with van der Waals surface area (Å²) >= 11 is 5.95. The van der Waals surface area contributed by atoms with Gasteiger partial charge in [-0.2, -0.15) is 5.10 Å². The van der Waals surface area contributed by atoms with Crippen LogP contribution in [0.5, 0.6) is 0 Å². The number of aryl methyl sites for hydroxylation is 2. The molecule has 1 aromatic carbocycles. The van der Waals surface area contributed by atoms with E-state index in [1.54, 1.807) is 12.1 Å². The number of nitrogens with one attached hydrogen (secondary N) is 1. The molecule has 1 aliphatic heterocycles. The Hall–Kier alpha value is -2.07. The second kappa shape index (κ2) is 4.49. The lowest BCUT2D eigenvalue weighted by molar-refractivity contribution is -0.110. The highest BCUT2D eigenvalue weighted by molar-refractivity contribution is 6.36. The van der Waals surface area contributed by atoms with E-state index in [-0.39, 0.29) is 5.91 Å². The number of aromatic nitrogens is 2. The predicted molar refractivity (Wildman–Crippen MR) is 80.6 cm³/mol. The Morgan fingerprint density at radius 3 is 2.75 bits per heavy atom. The number of amides is 1. The van der Waals surface area contributed by atoms with E-state index in [2.05, 4.69) is 10.4 Å². The quantitative estimate of drug-likeness (QED) is 0.819. The summed E-state index contributed by atoms with van der Waals surface area (Å²) in [5.74, 6) is -0.107. The fourth-order valence-corrected chi connectivity index (χ4v) is 2.63. The number of carbonyl (C=O) groups excluding carboxylic acids is 1. The molecule has 0 atom stereocenters. The van der Waals surface area contributed by atoms with Gasteiger partial charge in [-0.05, 0) is 32.1 Å². The van der Waals surface area contributed by atoms with E-state index in [4.69, 9.17) is 11.6 Å². The highest BCUT2D eigenvalue weighted by Gasteiger charge is 2.25. The van der Waals surface area contributed by atoms with Crippen LogP contribution < -0.4 is 5.32 Å². The van der Waals surface area contributed by atoms with Crippen LogP contribution in [-0.2, 0) is 11.8 Å². The van der Waals surface area contributed by atoms with Crippen LogP contribution in [0, 0.1) is 13.8 Å². The molecule has 0 saturated heterocycles. The van der Waals surface area contributed by atoms with Gasteiger partial charge in [0.05, 0.1) is 11.4 Å². The van der Waals surface area contributed by atoms with E-state index in [1.165, 1.54) is 0 Å². The Kier molecular flexibility index (Phi) is 2.91. The number of benzene rings is 1. The zero-order valence-corrected chi connectivity index (χ0v) is 12.2. The minimum Gasteiger partial charge on any atom is -0.321 e. The highest BCUT2D eigenvalue weighted by Crippen LogP contribution is 2.35. The van der Waals surface area contributed by atoms with Gasteiger partial charge in [0.15, 0.2) is 0 Å². The molecule has 0 radical (unpaired) electrons. The Morgan fingerprint density at radius 1 is 1.35 bits per heavy atom. The molecule has 0 aliphatic carbocycles. The van der Waals surface area contributed by atoms with Gasteiger partial charge in [-0.3, -0.25) is 9.48 Å². The molecule has 20 heavy (non-hydrogen) atoms. The third-order valence-electron chi connectivity index (χ3n) is 3.62. The number of anilines is 1. The van der Waals surface area contributed by atoms with Crippen LogP contribution in [-0.4, -0.2) is 15.7 Å². The van der Waals surface area contributed by atoms with Crippen LogP contribution in [0.2, 0.25) is 5.02 Å². The summed E-state index contributed by atoms with van der Waals surface area (Å²) < 4.78 is 1.82. The predicted octanol–water partition coefficient (Wildman–Crippen LogP) is 3.18. The number of hydrogen-bond donors (Lipinski definition) is 1. The van der Waals surface area contributed by atoms with Crippen LogP contribution in [0.1, 0.15) is 22.5 Å². The summed E-state index contributed by atoms with van der Waals surface area (Å²) in [6, 6.07) is 5.42. The van der Waals surface area contributed by atoms with Crippen LogP contribution in [0.15, 0.2) is 18.2 Å². The maximum atomic E-state index is 12.1. The first-order chi connectivity index (χ1) is 9.47. The summed E-state index contributed by atoms with van der Waals surface area (Å²) in [6.07, 6.45) is 1.90. The molecule has 0 spiro atoms. The Balaban J connectivity index is 2.16. The Labute approximate surface area is 122 Å². The van der Waals surface area contributed by atoms with Gasteiger partial charge in [-0.15, -0.1) is 0 Å². The van der Waals surface area contributed by atoms with E-state index >= 15 is 0 Å². The van der Waals surface area contributed by atoms with Crippen molar-refractivity contribution in [3.63, 3.8) is 0 Å². The van der Waals surface area contributed by atoms with Gasteiger partial charge in [0.2, 0.25) is 0 Å². The molecule has 2 heterocycles. The fraction of sp³-hybridized carbons (Fsp3) is 0.200. The van der Waals surface area contributed by atoms with Gasteiger partial charge in [0.25, 0.3) is 5.91 Å². The first-order valence-corrected chi connectivity index (χ1v) is 6.68. The number of hydrogen-bond acceptors (Lipinski definition) is 2. The second-order valence-corrected chi connectivity index (χ2v) is 5.35. The Morgan fingerprint density at radius 2 is 2.10 bits per heavy atom. The zero-order valence-electron chi connectivity index (χ0n) is 11.5. The first kappa shape index (κ1) is 12.9. The van der Waals surface area contributed by atoms with Crippen LogP contribution in [0.4, 0.5) is 5.69 Å². The molecular weight excluding hydrogens is 274 g/mol. The third-order valence-corrected chi connectivity index (χ3v) is 3.85. The first-order valence-electron chi connectivity index (χ1n) is 6.30. The molecule has 102 valence electrons. The highest BCUT2D eigenvalue weighted by atomic mass is 35.5. The number of rotatable bonds is 1. The van der Waals surface area contributed by atoms with Crippen molar-refractivity contribution >= 4 is 34.8 Å². The van der Waals surface area contributed by atoms with E-state index < -0.39 is 0 Å². The summed E-state index contributed by atoms with van der Waals surface area (Å²) in [5, 5.41) is 7.81. The lowest BCUT2D eigenvalue weighted by Gasteiger charge is -2.00. The van der Waals surface area contributed by atoms with Crippen molar-refractivity contribution in [2.24, 2.45) is 7.05 Å². The van der Waals surface area contributed by atoms with Crippen molar-refractivity contribution in [2.45, 2.75) is 13.8 Å². The lowest BCUT2D eigenvalue weighted by atomic mass is 10.0. The van der Waals surface area contributed by atoms with Crippen molar-refractivity contribution in [1.29, 1.82) is 0 Å². The van der Waals surface area contributed by atoms with Crippen molar-refractivity contribution in [3.05, 3.63) is 45.7 Å². The molecule has 0 bridgehead atoms. The molecule has 0 unspecified atom stereocenters. The van der Waals surface area contributed by atoms with Crippen molar-refractivity contribution in [1.82, 2.24) is 9.78 Å². The average Bonchev–Trinajstić information content (AvgIpc) is 2.81. The van der Waals surface area contributed by atoms with E-state index in [0.29, 0.717) is 10.6 Å². The van der Waals surface area contributed by atoms with Gasteiger partial charge in [-0.1, -0.05) is 17.7 Å². The normalized spacial score (nSPS) is 15.6. The van der Waals surface area contributed by atoms with Gasteiger partial charge in [0, 0.05) is 34.5 Å². The van der Waals surface area contributed by atoms with Gasteiger partial charge in [0.1, 0.15) is 0 Å². The molecule has 1 N–H and O–H groups in total. The molecule has 3 rings (SSSR count). The summed E-state index contributed by atoms with van der Waals surface area (Å²) in [7, 11) is 1.90.